The number of carbonyl (C=O) groups excluding carboxylic acids is 1. The molecule has 0 aliphatic carbocycles. The van der Waals surface area contributed by atoms with Crippen molar-refractivity contribution in [2.45, 2.75) is 48.4 Å². The molecular formula is C20H25ClN2O5S2. The number of rotatable bonds is 8. The number of carboxylic acid groups (broad SMARTS) is 2. The molecule has 7 nitrogen and oxygen atoms in total. The van der Waals surface area contributed by atoms with Gasteiger partial charge in [-0.25, -0.2) is 4.79 Å². The molecule has 0 bridgehead atoms. The summed E-state index contributed by atoms with van der Waals surface area (Å²) < 4.78 is -0.265. The third-order valence-electron chi connectivity index (χ3n) is 5.43. The number of aliphatic carboxylic acids is 2. The van der Waals surface area contributed by atoms with Crippen molar-refractivity contribution in [1.82, 2.24) is 10.2 Å². The van der Waals surface area contributed by atoms with Crippen molar-refractivity contribution in [2.24, 2.45) is 0 Å². The van der Waals surface area contributed by atoms with E-state index in [1.165, 1.54) is 4.90 Å². The Balaban J connectivity index is 1.63. The zero-order valence-corrected chi connectivity index (χ0v) is 18.9. The van der Waals surface area contributed by atoms with Gasteiger partial charge in [0.1, 0.15) is 12.1 Å². The molecule has 3 rings (SSSR count). The number of likely N-dealkylation sites (tertiary alicyclic amines) is 1. The number of hydrogen-bond acceptors (Lipinski definition) is 6. The number of carbonyl (C=O) groups is 3. The van der Waals surface area contributed by atoms with Gasteiger partial charge in [-0.2, -0.15) is 0 Å². The Morgan fingerprint density at radius 2 is 1.87 bits per heavy atom. The normalized spacial score (nSPS) is 22.2. The first-order valence-electron chi connectivity index (χ1n) is 9.75. The lowest BCUT2D eigenvalue weighted by Gasteiger charge is -2.28. The van der Waals surface area contributed by atoms with E-state index in [2.05, 4.69) is 5.32 Å². The third-order valence-corrected chi connectivity index (χ3v) is 9.11. The summed E-state index contributed by atoms with van der Waals surface area (Å²) in [5, 5.41) is 22.7. The molecule has 1 unspecified atom stereocenters. The smallest absolute Gasteiger partial charge is 0.326 e. The van der Waals surface area contributed by atoms with Gasteiger partial charge in [0.2, 0.25) is 5.91 Å². The predicted octanol–water partition coefficient (Wildman–Crippen LogP) is 2.57. The summed E-state index contributed by atoms with van der Waals surface area (Å²) in [6.07, 6.45) is 1.22. The highest BCUT2D eigenvalue weighted by atomic mass is 35.5. The maximum Gasteiger partial charge on any atom is 0.326 e. The van der Waals surface area contributed by atoms with Gasteiger partial charge in [-0.15, -0.1) is 23.5 Å². The van der Waals surface area contributed by atoms with E-state index < -0.39 is 30.1 Å². The quantitative estimate of drug-likeness (QED) is 0.530. The first kappa shape index (κ1) is 23.2. The van der Waals surface area contributed by atoms with Crippen molar-refractivity contribution in [3.63, 3.8) is 0 Å². The molecule has 2 saturated heterocycles. The molecule has 2 fully saturated rings. The Kier molecular flexibility index (Phi) is 7.60. The molecule has 0 aromatic heterocycles. The highest BCUT2D eigenvalue weighted by Crippen LogP contribution is 2.51. The van der Waals surface area contributed by atoms with Crippen molar-refractivity contribution in [3.05, 3.63) is 34.9 Å². The van der Waals surface area contributed by atoms with Crippen LogP contribution in [0, 0.1) is 0 Å². The van der Waals surface area contributed by atoms with E-state index in [1.807, 2.05) is 12.1 Å². The van der Waals surface area contributed by atoms with Crippen LogP contribution in [-0.4, -0.2) is 73.2 Å². The van der Waals surface area contributed by atoms with Crippen molar-refractivity contribution in [1.29, 1.82) is 0 Å². The number of nitrogens with zero attached hydrogens (tertiary/aromatic N) is 1. The van der Waals surface area contributed by atoms with Crippen LogP contribution < -0.4 is 5.32 Å². The minimum Gasteiger partial charge on any atom is -0.480 e. The van der Waals surface area contributed by atoms with E-state index in [9.17, 15) is 24.6 Å². The second-order valence-electron chi connectivity index (χ2n) is 7.58. The van der Waals surface area contributed by atoms with E-state index in [0.717, 1.165) is 17.1 Å². The molecule has 1 amide bonds. The first-order valence-corrected chi connectivity index (χ1v) is 12.1. The number of aryl methyl sites for hydroxylation is 1. The number of benzene rings is 1. The molecule has 1 aromatic rings. The van der Waals surface area contributed by atoms with Gasteiger partial charge in [0, 0.05) is 29.5 Å². The molecule has 164 valence electrons. The Bertz CT molecular complexity index is 801. The number of nitrogens with one attached hydrogen (secondary N) is 1. The monoisotopic (exact) mass is 472 g/mol. The van der Waals surface area contributed by atoms with Crippen LogP contribution in [0.4, 0.5) is 0 Å². The maximum atomic E-state index is 13.0. The zero-order chi connectivity index (χ0) is 21.9. The summed E-state index contributed by atoms with van der Waals surface area (Å²) in [5.74, 6) is -0.543. The van der Waals surface area contributed by atoms with Crippen LogP contribution in [0.5, 0.6) is 0 Å². The summed E-state index contributed by atoms with van der Waals surface area (Å²) in [4.78, 5) is 37.9. The Labute approximate surface area is 188 Å². The van der Waals surface area contributed by atoms with Gasteiger partial charge >= 0.3 is 11.9 Å². The standard InChI is InChI=1S/C20H25ClN2O5S2/c1-12(22-15(18(25)26)7-4-13-2-5-14(21)6-3-13)17(24)23-11-20(29-8-9-30-20)10-16(23)19(27)28/h2-3,5-6,12,15-16,22H,4,7-11H2,1H3,(H,25,26)(H,27,28)/t12?,15-,16-/m0/s1. The van der Waals surface area contributed by atoms with Crippen LogP contribution in [0.15, 0.2) is 24.3 Å². The molecule has 3 atom stereocenters. The third kappa shape index (κ3) is 5.43. The number of hydrogen-bond donors (Lipinski definition) is 3. The molecule has 10 heteroatoms. The molecule has 0 radical (unpaired) electrons. The number of carboxylic acids is 2. The second kappa shape index (κ2) is 9.80. The summed E-state index contributed by atoms with van der Waals surface area (Å²) >= 11 is 9.30. The molecule has 0 saturated carbocycles. The van der Waals surface area contributed by atoms with E-state index in [1.54, 1.807) is 42.6 Å². The Morgan fingerprint density at radius 1 is 1.23 bits per heavy atom. The molecule has 3 N–H and O–H groups in total. The van der Waals surface area contributed by atoms with Gasteiger partial charge in [-0.05, 0) is 37.5 Å². The fraction of sp³-hybridized carbons (Fsp3) is 0.550. The van der Waals surface area contributed by atoms with Crippen LogP contribution in [0.2, 0.25) is 5.02 Å². The molecule has 2 aliphatic heterocycles. The van der Waals surface area contributed by atoms with Gasteiger partial charge in [-0.3, -0.25) is 14.9 Å². The van der Waals surface area contributed by atoms with E-state index in [4.69, 9.17) is 11.6 Å². The van der Waals surface area contributed by atoms with Gasteiger partial charge in [0.05, 0.1) is 10.1 Å². The van der Waals surface area contributed by atoms with Crippen LogP contribution >= 0.6 is 35.1 Å². The van der Waals surface area contributed by atoms with Crippen molar-refractivity contribution >= 4 is 53.0 Å². The summed E-state index contributed by atoms with van der Waals surface area (Å²) in [6.45, 7) is 1.96. The Hall–Kier alpha value is -1.42. The fourth-order valence-corrected chi connectivity index (χ4v) is 7.24. The topological polar surface area (TPSA) is 107 Å². The summed E-state index contributed by atoms with van der Waals surface area (Å²) in [5.41, 5.74) is 0.953. The fourth-order valence-electron chi connectivity index (χ4n) is 3.86. The van der Waals surface area contributed by atoms with Gasteiger partial charge in [0.25, 0.3) is 0 Å². The average Bonchev–Trinajstić information content (AvgIpc) is 3.32. The van der Waals surface area contributed by atoms with Crippen LogP contribution in [0.3, 0.4) is 0 Å². The SMILES string of the molecule is CC(N[C@@H](CCc1ccc(Cl)cc1)C(=O)O)C(=O)N1CC2(C[C@H]1C(=O)O)SCCS2. The number of thioether (sulfide) groups is 2. The summed E-state index contributed by atoms with van der Waals surface area (Å²) in [6, 6.07) is 4.58. The highest BCUT2D eigenvalue weighted by Gasteiger charge is 2.52. The molecule has 30 heavy (non-hydrogen) atoms. The molecule has 2 heterocycles. The lowest BCUT2D eigenvalue weighted by molar-refractivity contribution is -0.149. The van der Waals surface area contributed by atoms with Gasteiger partial charge in [-0.1, -0.05) is 23.7 Å². The largest absolute Gasteiger partial charge is 0.480 e. The van der Waals surface area contributed by atoms with E-state index >= 15 is 0 Å². The molecular weight excluding hydrogens is 448 g/mol. The predicted molar refractivity (Wildman–Crippen MR) is 119 cm³/mol. The number of amides is 1. The first-order chi connectivity index (χ1) is 14.2. The minimum atomic E-state index is -1.04. The van der Waals surface area contributed by atoms with Gasteiger partial charge in [0.15, 0.2) is 0 Å². The van der Waals surface area contributed by atoms with Crippen LogP contribution in [0.25, 0.3) is 0 Å². The van der Waals surface area contributed by atoms with E-state index in [-0.39, 0.29) is 9.99 Å². The van der Waals surface area contributed by atoms with Crippen molar-refractivity contribution < 1.29 is 24.6 Å². The lowest BCUT2D eigenvalue weighted by atomic mass is 10.0. The van der Waals surface area contributed by atoms with Gasteiger partial charge < -0.3 is 15.1 Å². The van der Waals surface area contributed by atoms with Crippen LogP contribution in [-0.2, 0) is 20.8 Å². The van der Waals surface area contributed by atoms with Crippen molar-refractivity contribution in [2.75, 3.05) is 18.1 Å². The molecule has 2 aliphatic rings. The molecule has 1 spiro atoms. The zero-order valence-electron chi connectivity index (χ0n) is 16.5. The molecule has 1 aromatic carbocycles. The highest BCUT2D eigenvalue weighted by molar-refractivity contribution is 8.21. The van der Waals surface area contributed by atoms with Crippen molar-refractivity contribution in [3.8, 4) is 0 Å². The van der Waals surface area contributed by atoms with Crippen LogP contribution in [0.1, 0.15) is 25.3 Å². The Morgan fingerprint density at radius 3 is 2.43 bits per heavy atom. The van der Waals surface area contributed by atoms with E-state index in [0.29, 0.717) is 30.8 Å². The summed E-state index contributed by atoms with van der Waals surface area (Å²) in [7, 11) is 0. The lowest BCUT2D eigenvalue weighted by Crippen LogP contribution is -2.53. The number of halogens is 1. The maximum absolute atomic E-state index is 13.0. The minimum absolute atomic E-state index is 0.265. The second-order valence-corrected chi connectivity index (χ2v) is 11.2. The average molecular weight is 473 g/mol.